The Kier molecular flexibility index (Phi) is 6.00. The maximum atomic E-state index is 12.7. The molecule has 1 saturated carbocycles. The van der Waals surface area contributed by atoms with Gasteiger partial charge in [-0.3, -0.25) is 0 Å². The fraction of sp³-hybridized carbons (Fsp3) is 0.435. The number of rotatable bonds is 5. The third-order valence-corrected chi connectivity index (χ3v) is 6.12. The van der Waals surface area contributed by atoms with E-state index in [1.54, 1.807) is 19.1 Å². The topological polar surface area (TPSA) is 139 Å². The van der Waals surface area contributed by atoms with Crippen LogP contribution in [0.2, 0.25) is 0 Å². The lowest BCUT2D eigenvalue weighted by Crippen LogP contribution is -2.56. The van der Waals surface area contributed by atoms with Crippen molar-refractivity contribution >= 4 is 21.7 Å². The van der Waals surface area contributed by atoms with E-state index < -0.39 is 36.0 Å². The first-order valence-corrected chi connectivity index (χ1v) is 10.2. The average Bonchev–Trinajstić information content (AvgIpc) is 2.75. The van der Waals surface area contributed by atoms with E-state index in [0.29, 0.717) is 22.1 Å². The molecule has 5 atom stereocenters. The van der Waals surface area contributed by atoms with Gasteiger partial charge < -0.3 is 39.1 Å². The summed E-state index contributed by atoms with van der Waals surface area (Å²) in [6.45, 7) is 1.54. The molecular weight excluding hydrogens is 420 g/mol. The van der Waals surface area contributed by atoms with Crippen molar-refractivity contribution in [3.63, 3.8) is 0 Å². The molecule has 0 radical (unpaired) electrons. The molecule has 3 aromatic rings. The number of aliphatic hydroxyl groups is 3. The second-order valence-corrected chi connectivity index (χ2v) is 8.09. The Labute approximate surface area is 183 Å². The number of aliphatic hydroxyl groups excluding tert-OH is 3. The van der Waals surface area contributed by atoms with Crippen LogP contribution < -0.4 is 15.1 Å². The second-order valence-electron chi connectivity index (χ2n) is 8.09. The van der Waals surface area contributed by atoms with Crippen LogP contribution in [0.5, 0.6) is 17.2 Å². The summed E-state index contributed by atoms with van der Waals surface area (Å²) in [5.74, 6) is 0.0697. The Bertz CT molecular complexity index is 1200. The first-order valence-electron chi connectivity index (χ1n) is 10.2. The predicted molar refractivity (Wildman–Crippen MR) is 115 cm³/mol. The molecule has 4 N–H and O–H groups in total. The van der Waals surface area contributed by atoms with E-state index in [0.717, 1.165) is 0 Å². The SMILES string of the molecule is COc1cc(O[C@H]2C[C@@H](CO)[C@@H](OC)[C@@H](O)[C@H]2O)cc2c1c(=O)oc1cc(O)cc(C)c12. The summed E-state index contributed by atoms with van der Waals surface area (Å²) in [7, 11) is 2.82. The van der Waals surface area contributed by atoms with Crippen LogP contribution in [0.1, 0.15) is 12.0 Å². The quantitative estimate of drug-likeness (QED) is 0.339. The second kappa shape index (κ2) is 8.59. The number of phenols is 1. The van der Waals surface area contributed by atoms with Crippen LogP contribution in [0.3, 0.4) is 0 Å². The van der Waals surface area contributed by atoms with Crippen molar-refractivity contribution in [2.75, 3.05) is 20.8 Å². The summed E-state index contributed by atoms with van der Waals surface area (Å²) in [6.07, 6.45) is -3.78. The maximum absolute atomic E-state index is 12.7. The molecule has 1 heterocycles. The summed E-state index contributed by atoms with van der Waals surface area (Å²) in [5.41, 5.74) is 0.275. The van der Waals surface area contributed by atoms with E-state index in [1.165, 1.54) is 26.4 Å². The van der Waals surface area contributed by atoms with Crippen molar-refractivity contribution in [1.82, 2.24) is 0 Å². The highest BCUT2D eigenvalue weighted by atomic mass is 16.5. The van der Waals surface area contributed by atoms with Gasteiger partial charge in [0.15, 0.2) is 0 Å². The minimum atomic E-state index is -1.25. The molecule has 0 amide bonds. The smallest absolute Gasteiger partial charge is 0.347 e. The van der Waals surface area contributed by atoms with Gasteiger partial charge in [-0.2, -0.15) is 0 Å². The van der Waals surface area contributed by atoms with Gasteiger partial charge in [0.05, 0.1) is 13.2 Å². The zero-order chi connectivity index (χ0) is 23.2. The third-order valence-electron chi connectivity index (χ3n) is 6.12. The van der Waals surface area contributed by atoms with E-state index in [9.17, 15) is 25.2 Å². The van der Waals surface area contributed by atoms with Gasteiger partial charge in [0.25, 0.3) is 0 Å². The van der Waals surface area contributed by atoms with Crippen molar-refractivity contribution in [1.29, 1.82) is 0 Å². The molecule has 9 nitrogen and oxygen atoms in total. The van der Waals surface area contributed by atoms with Crippen LogP contribution in [0, 0.1) is 12.8 Å². The minimum Gasteiger partial charge on any atom is -0.508 e. The number of aryl methyl sites for hydroxylation is 1. The molecule has 1 aromatic heterocycles. The normalized spacial score (nSPS) is 25.9. The summed E-state index contributed by atoms with van der Waals surface area (Å²) in [5, 5.41) is 41.9. The van der Waals surface area contributed by atoms with Crippen LogP contribution in [0.15, 0.2) is 33.5 Å². The van der Waals surface area contributed by atoms with Gasteiger partial charge in [0.2, 0.25) is 0 Å². The fourth-order valence-electron chi connectivity index (χ4n) is 4.61. The van der Waals surface area contributed by atoms with Gasteiger partial charge in [0.1, 0.15) is 46.5 Å². The lowest BCUT2D eigenvalue weighted by molar-refractivity contribution is -0.167. The van der Waals surface area contributed by atoms with Gasteiger partial charge in [-0.25, -0.2) is 4.79 Å². The highest BCUT2D eigenvalue weighted by molar-refractivity contribution is 6.08. The molecule has 0 saturated heterocycles. The van der Waals surface area contributed by atoms with E-state index >= 15 is 0 Å². The van der Waals surface area contributed by atoms with Gasteiger partial charge in [-0.15, -0.1) is 0 Å². The Morgan fingerprint density at radius 3 is 2.50 bits per heavy atom. The number of hydrogen-bond donors (Lipinski definition) is 4. The lowest BCUT2D eigenvalue weighted by Gasteiger charge is -2.41. The number of ether oxygens (including phenoxy) is 3. The predicted octanol–water partition coefficient (Wildman–Crippen LogP) is 1.47. The Morgan fingerprint density at radius 1 is 1.09 bits per heavy atom. The number of methoxy groups -OCH3 is 2. The highest BCUT2D eigenvalue weighted by Gasteiger charge is 2.44. The van der Waals surface area contributed by atoms with E-state index in [2.05, 4.69) is 0 Å². The highest BCUT2D eigenvalue weighted by Crippen LogP contribution is 2.38. The molecule has 32 heavy (non-hydrogen) atoms. The van der Waals surface area contributed by atoms with Crippen LogP contribution in [0.25, 0.3) is 21.7 Å². The van der Waals surface area contributed by atoms with Crippen LogP contribution in [-0.2, 0) is 4.74 Å². The number of hydrogen-bond acceptors (Lipinski definition) is 9. The van der Waals surface area contributed by atoms with Crippen molar-refractivity contribution in [3.05, 3.63) is 40.2 Å². The zero-order valence-electron chi connectivity index (χ0n) is 17.9. The molecule has 0 bridgehead atoms. The minimum absolute atomic E-state index is 0.0288. The zero-order valence-corrected chi connectivity index (χ0v) is 17.9. The van der Waals surface area contributed by atoms with E-state index in [4.69, 9.17) is 18.6 Å². The fourth-order valence-corrected chi connectivity index (χ4v) is 4.61. The standard InChI is InChI=1S/C23H26O9/c1-10-4-12(25)6-16-18(10)14-7-13(8-15(29-2)19(14)23(28)32-16)31-17-5-11(9-24)22(30-3)21(27)20(17)26/h4,6-8,11,17,20-22,24-27H,5,9H2,1-3H3/t11-,17-,20-,21-,22+/m0/s1. The monoisotopic (exact) mass is 446 g/mol. The Hall–Kier alpha value is -2.85. The molecule has 0 spiro atoms. The number of aromatic hydroxyl groups is 1. The summed E-state index contributed by atoms with van der Waals surface area (Å²) in [6, 6.07) is 6.06. The maximum Gasteiger partial charge on any atom is 0.347 e. The summed E-state index contributed by atoms with van der Waals surface area (Å²) < 4.78 is 22.1. The number of fused-ring (bicyclic) bond motifs is 3. The van der Waals surface area contributed by atoms with Crippen LogP contribution in [-0.4, -0.2) is 65.7 Å². The molecule has 1 aliphatic rings. The molecule has 4 rings (SSSR count). The Balaban J connectivity index is 1.83. The Morgan fingerprint density at radius 2 is 1.84 bits per heavy atom. The summed E-state index contributed by atoms with van der Waals surface area (Å²) in [4.78, 5) is 12.7. The summed E-state index contributed by atoms with van der Waals surface area (Å²) >= 11 is 0. The van der Waals surface area contributed by atoms with Crippen molar-refractivity contribution in [2.24, 2.45) is 5.92 Å². The number of phenolic OH excluding ortho intramolecular Hbond substituents is 1. The van der Waals surface area contributed by atoms with Crippen molar-refractivity contribution < 1.29 is 39.1 Å². The van der Waals surface area contributed by atoms with Crippen LogP contribution >= 0.6 is 0 Å². The number of benzene rings is 2. The molecule has 2 aromatic carbocycles. The van der Waals surface area contributed by atoms with Crippen molar-refractivity contribution in [3.8, 4) is 17.2 Å². The first kappa shape index (κ1) is 22.3. The first-order chi connectivity index (χ1) is 15.3. The van der Waals surface area contributed by atoms with Crippen LogP contribution in [0.4, 0.5) is 0 Å². The molecule has 1 aliphatic carbocycles. The molecule has 0 unspecified atom stereocenters. The average molecular weight is 446 g/mol. The molecule has 9 heteroatoms. The van der Waals surface area contributed by atoms with Gasteiger partial charge in [-0.05, 0) is 31.0 Å². The van der Waals surface area contributed by atoms with Gasteiger partial charge in [-0.1, -0.05) is 0 Å². The largest absolute Gasteiger partial charge is 0.508 e. The third kappa shape index (κ3) is 3.67. The van der Waals surface area contributed by atoms with Crippen molar-refractivity contribution in [2.45, 2.75) is 37.8 Å². The molecule has 1 fully saturated rings. The lowest BCUT2D eigenvalue weighted by atomic mass is 9.81. The van der Waals surface area contributed by atoms with Gasteiger partial charge in [0, 0.05) is 42.5 Å². The van der Waals surface area contributed by atoms with Gasteiger partial charge >= 0.3 is 5.63 Å². The van der Waals surface area contributed by atoms with E-state index in [-0.39, 0.29) is 35.5 Å². The molecule has 172 valence electrons. The van der Waals surface area contributed by atoms with E-state index in [1.807, 2.05) is 0 Å². The molecule has 0 aliphatic heterocycles. The molecular formula is C23H26O9.